The van der Waals surface area contributed by atoms with Gasteiger partial charge < -0.3 is 10.2 Å². The lowest BCUT2D eigenvalue weighted by atomic mass is 10.1. The van der Waals surface area contributed by atoms with Gasteiger partial charge in [0.05, 0.1) is 4.92 Å². The van der Waals surface area contributed by atoms with Crippen molar-refractivity contribution in [3.63, 3.8) is 0 Å². The Bertz CT molecular complexity index is 457. The number of nitro groups is 1. The van der Waals surface area contributed by atoms with Gasteiger partial charge in [-0.2, -0.15) is 0 Å². The summed E-state index contributed by atoms with van der Waals surface area (Å²) in [6.45, 7) is 2.16. The largest absolute Gasteiger partial charge is 0.361 e. The highest BCUT2D eigenvalue weighted by Crippen LogP contribution is 2.24. The van der Waals surface area contributed by atoms with Gasteiger partial charge in [-0.15, -0.1) is 0 Å². The number of hydrogen-bond acceptors (Lipinski definition) is 6. The van der Waals surface area contributed by atoms with Crippen LogP contribution in [0.4, 0.5) is 10.1 Å². The third-order valence-corrected chi connectivity index (χ3v) is 3.90. The van der Waals surface area contributed by atoms with E-state index in [1.807, 2.05) is 4.90 Å². The van der Waals surface area contributed by atoms with Gasteiger partial charge in [0.25, 0.3) is 0 Å². The summed E-state index contributed by atoms with van der Waals surface area (Å²) in [7, 11) is 0. The van der Waals surface area contributed by atoms with Crippen molar-refractivity contribution >= 4 is 27.4 Å². The molecule has 1 N–H and O–H groups in total. The molecule has 0 bridgehead atoms. The standard InChI is InChI=1S/C11H16N4O3S/c16-9(14-6-2-1-3-7-14)4-5-12-11-13-8-10(19-11)15(17)18/h8H,1-7H2,(H,12,13). The first kappa shape index (κ1) is 13.7. The highest BCUT2D eigenvalue weighted by molar-refractivity contribution is 7.18. The summed E-state index contributed by atoms with van der Waals surface area (Å²) in [5.41, 5.74) is 0. The number of hydrogen-bond donors (Lipinski definition) is 1. The molecule has 1 aliphatic rings. The number of piperidine rings is 1. The smallest absolute Gasteiger partial charge is 0.345 e. The molecule has 0 aromatic carbocycles. The Labute approximate surface area is 114 Å². The first-order chi connectivity index (χ1) is 9.16. The maximum Gasteiger partial charge on any atom is 0.345 e. The fourth-order valence-electron chi connectivity index (χ4n) is 2.01. The number of nitrogens with one attached hydrogen (secondary N) is 1. The molecule has 1 saturated heterocycles. The monoisotopic (exact) mass is 284 g/mol. The number of carbonyl (C=O) groups is 1. The van der Waals surface area contributed by atoms with Gasteiger partial charge in [-0.05, 0) is 30.6 Å². The number of rotatable bonds is 5. The predicted octanol–water partition coefficient (Wildman–Crippen LogP) is 1.87. The Morgan fingerprint density at radius 1 is 1.47 bits per heavy atom. The van der Waals surface area contributed by atoms with Crippen molar-refractivity contribution in [2.24, 2.45) is 0 Å². The molecule has 1 aromatic heterocycles. The lowest BCUT2D eigenvalue weighted by molar-refractivity contribution is -0.380. The van der Waals surface area contributed by atoms with E-state index in [9.17, 15) is 14.9 Å². The fourth-order valence-corrected chi connectivity index (χ4v) is 2.67. The molecule has 0 spiro atoms. The molecule has 0 saturated carbocycles. The van der Waals surface area contributed by atoms with E-state index in [2.05, 4.69) is 10.3 Å². The van der Waals surface area contributed by atoms with Crippen LogP contribution >= 0.6 is 11.3 Å². The van der Waals surface area contributed by atoms with Crippen molar-refractivity contribution in [2.75, 3.05) is 25.0 Å². The van der Waals surface area contributed by atoms with Crippen LogP contribution in [0, 0.1) is 10.1 Å². The van der Waals surface area contributed by atoms with Crippen LogP contribution < -0.4 is 5.32 Å². The summed E-state index contributed by atoms with van der Waals surface area (Å²) >= 11 is 0.982. The van der Waals surface area contributed by atoms with Gasteiger partial charge in [0.1, 0.15) is 6.20 Å². The number of likely N-dealkylation sites (tertiary alicyclic amines) is 1. The third kappa shape index (κ3) is 3.88. The normalized spacial score (nSPS) is 15.3. The van der Waals surface area contributed by atoms with Crippen molar-refractivity contribution in [3.8, 4) is 0 Å². The van der Waals surface area contributed by atoms with E-state index in [-0.39, 0.29) is 10.9 Å². The van der Waals surface area contributed by atoms with E-state index in [1.165, 1.54) is 12.6 Å². The Hall–Kier alpha value is -1.70. The number of anilines is 1. The number of thiazole rings is 1. The van der Waals surface area contributed by atoms with E-state index in [1.54, 1.807) is 0 Å². The zero-order chi connectivity index (χ0) is 13.7. The van der Waals surface area contributed by atoms with Gasteiger partial charge in [0, 0.05) is 26.1 Å². The minimum absolute atomic E-state index is 0.00450. The van der Waals surface area contributed by atoms with Crippen LogP contribution in [-0.4, -0.2) is 40.3 Å². The Morgan fingerprint density at radius 2 is 2.21 bits per heavy atom. The number of aromatic nitrogens is 1. The highest BCUT2D eigenvalue weighted by atomic mass is 32.1. The summed E-state index contributed by atoms with van der Waals surface area (Å²) in [4.78, 5) is 27.7. The van der Waals surface area contributed by atoms with E-state index in [0.717, 1.165) is 37.3 Å². The first-order valence-electron chi connectivity index (χ1n) is 6.28. The second-order valence-electron chi connectivity index (χ2n) is 4.38. The van der Waals surface area contributed by atoms with E-state index < -0.39 is 4.92 Å². The topological polar surface area (TPSA) is 88.4 Å². The molecule has 0 radical (unpaired) electrons. The van der Waals surface area contributed by atoms with Crippen LogP contribution in [0.25, 0.3) is 0 Å². The molecule has 1 amide bonds. The maximum absolute atomic E-state index is 11.9. The van der Waals surface area contributed by atoms with Crippen LogP contribution in [0.1, 0.15) is 25.7 Å². The molecule has 2 rings (SSSR count). The third-order valence-electron chi connectivity index (χ3n) is 3.00. The van der Waals surface area contributed by atoms with Gasteiger partial charge in [-0.25, -0.2) is 4.98 Å². The fraction of sp³-hybridized carbons (Fsp3) is 0.636. The molecule has 19 heavy (non-hydrogen) atoms. The Morgan fingerprint density at radius 3 is 2.84 bits per heavy atom. The van der Waals surface area contributed by atoms with Crippen molar-refractivity contribution < 1.29 is 9.72 Å². The number of amides is 1. The van der Waals surface area contributed by atoms with Gasteiger partial charge in [-0.1, -0.05) is 0 Å². The molecule has 0 aliphatic carbocycles. The minimum atomic E-state index is -0.471. The van der Waals surface area contributed by atoms with Crippen molar-refractivity contribution in [1.29, 1.82) is 0 Å². The van der Waals surface area contributed by atoms with Crippen molar-refractivity contribution in [2.45, 2.75) is 25.7 Å². The van der Waals surface area contributed by atoms with Gasteiger partial charge >= 0.3 is 5.00 Å². The lowest BCUT2D eigenvalue weighted by Crippen LogP contribution is -2.36. The Kier molecular flexibility index (Phi) is 4.67. The molecular formula is C11H16N4O3S. The SMILES string of the molecule is O=C(CCNc1ncc([N+](=O)[O-])s1)N1CCCCC1. The van der Waals surface area contributed by atoms with E-state index >= 15 is 0 Å². The van der Waals surface area contributed by atoms with Crippen LogP contribution in [0.5, 0.6) is 0 Å². The number of nitrogens with zero attached hydrogens (tertiary/aromatic N) is 3. The zero-order valence-corrected chi connectivity index (χ0v) is 11.3. The average molecular weight is 284 g/mol. The number of carbonyl (C=O) groups excluding carboxylic acids is 1. The van der Waals surface area contributed by atoms with Crippen molar-refractivity contribution in [1.82, 2.24) is 9.88 Å². The van der Waals surface area contributed by atoms with Crippen LogP contribution in [0.3, 0.4) is 0 Å². The summed E-state index contributed by atoms with van der Waals surface area (Å²) in [6.07, 6.45) is 4.98. The summed E-state index contributed by atoms with van der Waals surface area (Å²) < 4.78 is 0. The van der Waals surface area contributed by atoms with Crippen molar-refractivity contribution in [3.05, 3.63) is 16.3 Å². The van der Waals surface area contributed by atoms with Gasteiger partial charge in [0.2, 0.25) is 5.91 Å². The highest BCUT2D eigenvalue weighted by Gasteiger charge is 2.16. The molecule has 8 heteroatoms. The first-order valence-corrected chi connectivity index (χ1v) is 7.10. The molecule has 2 heterocycles. The predicted molar refractivity (Wildman–Crippen MR) is 72.3 cm³/mol. The second kappa shape index (κ2) is 6.46. The molecule has 1 aromatic rings. The molecule has 7 nitrogen and oxygen atoms in total. The zero-order valence-electron chi connectivity index (χ0n) is 10.5. The average Bonchev–Trinajstić information content (AvgIpc) is 2.89. The molecular weight excluding hydrogens is 268 g/mol. The quantitative estimate of drug-likeness (QED) is 0.658. The van der Waals surface area contributed by atoms with Crippen LogP contribution in [-0.2, 0) is 4.79 Å². The van der Waals surface area contributed by atoms with E-state index in [4.69, 9.17) is 0 Å². The molecule has 104 valence electrons. The lowest BCUT2D eigenvalue weighted by Gasteiger charge is -2.26. The maximum atomic E-state index is 11.9. The van der Waals surface area contributed by atoms with E-state index in [0.29, 0.717) is 18.1 Å². The molecule has 0 unspecified atom stereocenters. The molecule has 0 atom stereocenters. The van der Waals surface area contributed by atoms with Gasteiger partial charge in [-0.3, -0.25) is 14.9 Å². The summed E-state index contributed by atoms with van der Waals surface area (Å²) in [6, 6.07) is 0. The van der Waals surface area contributed by atoms with Gasteiger partial charge in [0.15, 0.2) is 5.13 Å². The molecule has 1 fully saturated rings. The summed E-state index contributed by atoms with van der Waals surface area (Å²) in [5.74, 6) is 0.137. The van der Waals surface area contributed by atoms with Crippen LogP contribution in [0.15, 0.2) is 6.20 Å². The minimum Gasteiger partial charge on any atom is -0.361 e. The second-order valence-corrected chi connectivity index (χ2v) is 5.39. The van der Waals surface area contributed by atoms with Crippen LogP contribution in [0.2, 0.25) is 0 Å². The molecule has 1 aliphatic heterocycles. The Balaban J connectivity index is 1.73. The summed E-state index contributed by atoms with van der Waals surface area (Å²) in [5, 5.41) is 13.9.